The second-order valence-corrected chi connectivity index (χ2v) is 5.97. The molecule has 2 aliphatic rings. The smallest absolute Gasteiger partial charge is 0.242 e. The van der Waals surface area contributed by atoms with Crippen molar-refractivity contribution in [3.05, 3.63) is 23.8 Å². The molecule has 1 aliphatic carbocycles. The summed E-state index contributed by atoms with van der Waals surface area (Å²) >= 11 is 0. The van der Waals surface area contributed by atoms with Crippen LogP contribution in [0.2, 0.25) is 0 Å². The Balaban J connectivity index is 1.90. The highest BCUT2D eigenvalue weighted by atomic mass is 16.6. The predicted octanol–water partition coefficient (Wildman–Crippen LogP) is 1.69. The fraction of sp³-hybridized carbons (Fsp3) is 0.562. The van der Waals surface area contributed by atoms with Crippen molar-refractivity contribution in [3.63, 3.8) is 0 Å². The van der Waals surface area contributed by atoms with Crippen LogP contribution in [0.15, 0.2) is 18.2 Å². The maximum atomic E-state index is 12.1. The highest BCUT2D eigenvalue weighted by Gasteiger charge is 2.36. The molecule has 21 heavy (non-hydrogen) atoms. The van der Waals surface area contributed by atoms with Crippen molar-refractivity contribution in [2.45, 2.75) is 44.2 Å². The molecule has 114 valence electrons. The van der Waals surface area contributed by atoms with Crippen LogP contribution in [0.3, 0.4) is 0 Å². The molecule has 1 unspecified atom stereocenters. The summed E-state index contributed by atoms with van der Waals surface area (Å²) in [7, 11) is 0. The fourth-order valence-electron chi connectivity index (χ4n) is 3.13. The summed E-state index contributed by atoms with van der Waals surface area (Å²) in [5.41, 5.74) is 5.62. The molecule has 3 N–H and O–H groups in total. The second kappa shape index (κ2) is 5.56. The van der Waals surface area contributed by atoms with Gasteiger partial charge in [-0.15, -0.1) is 0 Å². The molecule has 0 saturated heterocycles. The second-order valence-electron chi connectivity index (χ2n) is 5.97. The van der Waals surface area contributed by atoms with Crippen molar-refractivity contribution in [1.82, 2.24) is 5.32 Å². The normalized spacial score (nSPS) is 21.0. The van der Waals surface area contributed by atoms with E-state index in [1.165, 1.54) is 12.8 Å². The van der Waals surface area contributed by atoms with E-state index in [9.17, 15) is 4.79 Å². The van der Waals surface area contributed by atoms with Gasteiger partial charge in [0.25, 0.3) is 0 Å². The average Bonchev–Trinajstić information content (AvgIpc) is 2.99. The Morgan fingerprint density at radius 1 is 1.24 bits per heavy atom. The van der Waals surface area contributed by atoms with Crippen molar-refractivity contribution in [1.29, 1.82) is 0 Å². The minimum atomic E-state index is -0.884. The van der Waals surface area contributed by atoms with Gasteiger partial charge in [-0.2, -0.15) is 0 Å². The van der Waals surface area contributed by atoms with E-state index in [2.05, 4.69) is 5.32 Å². The Kier molecular flexibility index (Phi) is 3.76. The first kappa shape index (κ1) is 14.2. The summed E-state index contributed by atoms with van der Waals surface area (Å²) in [5, 5.41) is 3.44. The zero-order chi connectivity index (χ0) is 14.9. The van der Waals surface area contributed by atoms with Crippen LogP contribution in [0.25, 0.3) is 0 Å². The summed E-state index contributed by atoms with van der Waals surface area (Å²) < 4.78 is 11.1. The lowest BCUT2D eigenvalue weighted by molar-refractivity contribution is -0.124. The van der Waals surface area contributed by atoms with E-state index in [4.69, 9.17) is 15.2 Å². The van der Waals surface area contributed by atoms with Crippen molar-refractivity contribution in [2.75, 3.05) is 13.2 Å². The quantitative estimate of drug-likeness (QED) is 0.885. The Labute approximate surface area is 124 Å². The number of carbonyl (C=O) groups excluding carboxylic acids is 1. The number of carbonyl (C=O) groups is 1. The van der Waals surface area contributed by atoms with Gasteiger partial charge >= 0.3 is 0 Å². The third-order valence-electron chi connectivity index (χ3n) is 4.46. The molecule has 5 nitrogen and oxygen atoms in total. The molecule has 1 aromatic carbocycles. The molecule has 0 radical (unpaired) electrons. The Bertz CT molecular complexity index is 540. The number of fused-ring (bicyclic) bond motifs is 1. The van der Waals surface area contributed by atoms with E-state index in [1.54, 1.807) is 0 Å². The van der Waals surface area contributed by atoms with E-state index >= 15 is 0 Å². The molecule has 1 saturated carbocycles. The predicted molar refractivity (Wildman–Crippen MR) is 79.4 cm³/mol. The van der Waals surface area contributed by atoms with Crippen LogP contribution in [0.1, 0.15) is 38.2 Å². The van der Waals surface area contributed by atoms with E-state index in [-0.39, 0.29) is 5.91 Å². The molecule has 0 aromatic heterocycles. The van der Waals surface area contributed by atoms with Crippen LogP contribution in [-0.2, 0) is 10.3 Å². The standard InChI is InChI=1S/C16H22N2O3/c1-16(15(17)19,18-12-4-2-3-5-12)11-6-7-13-14(10-11)21-9-8-20-13/h6-7,10,12,18H,2-5,8-9H2,1H3,(H2,17,19). The molecule has 1 aromatic rings. The van der Waals surface area contributed by atoms with Crippen molar-refractivity contribution in [2.24, 2.45) is 5.73 Å². The zero-order valence-electron chi connectivity index (χ0n) is 12.4. The van der Waals surface area contributed by atoms with Gasteiger partial charge in [0.1, 0.15) is 18.8 Å². The lowest BCUT2D eigenvalue weighted by Gasteiger charge is -2.32. The first-order valence-electron chi connectivity index (χ1n) is 7.57. The Morgan fingerprint density at radius 2 is 1.90 bits per heavy atom. The minimum absolute atomic E-state index is 0.343. The summed E-state index contributed by atoms with van der Waals surface area (Å²) in [4.78, 5) is 12.1. The summed E-state index contributed by atoms with van der Waals surface area (Å²) in [6, 6.07) is 5.94. The van der Waals surface area contributed by atoms with Crippen LogP contribution in [0.5, 0.6) is 11.5 Å². The van der Waals surface area contributed by atoms with Gasteiger partial charge in [0.2, 0.25) is 5.91 Å². The Hall–Kier alpha value is -1.75. The number of nitrogens with two attached hydrogens (primary N) is 1. The number of hydrogen-bond donors (Lipinski definition) is 2. The molecule has 1 heterocycles. The van der Waals surface area contributed by atoms with Gasteiger partial charge in [-0.05, 0) is 37.5 Å². The molecule has 3 rings (SSSR count). The Morgan fingerprint density at radius 3 is 2.57 bits per heavy atom. The van der Waals surface area contributed by atoms with Crippen LogP contribution in [0.4, 0.5) is 0 Å². The maximum absolute atomic E-state index is 12.1. The molecule has 5 heteroatoms. The van der Waals surface area contributed by atoms with Crippen molar-refractivity contribution >= 4 is 5.91 Å². The van der Waals surface area contributed by atoms with E-state index in [1.807, 2.05) is 25.1 Å². The molecular weight excluding hydrogens is 268 g/mol. The average molecular weight is 290 g/mol. The van der Waals surface area contributed by atoms with Crippen LogP contribution in [-0.4, -0.2) is 25.2 Å². The van der Waals surface area contributed by atoms with Crippen LogP contribution >= 0.6 is 0 Å². The number of primary amides is 1. The number of benzene rings is 1. The number of rotatable bonds is 4. The van der Waals surface area contributed by atoms with Gasteiger partial charge in [-0.25, -0.2) is 0 Å². The lowest BCUT2D eigenvalue weighted by Crippen LogP contribution is -2.53. The van der Waals surface area contributed by atoms with Crippen LogP contribution in [0, 0.1) is 0 Å². The van der Waals surface area contributed by atoms with E-state index in [0.29, 0.717) is 25.0 Å². The monoisotopic (exact) mass is 290 g/mol. The molecule has 0 bridgehead atoms. The molecule has 1 atom stereocenters. The van der Waals surface area contributed by atoms with Gasteiger partial charge in [0.05, 0.1) is 0 Å². The zero-order valence-corrected chi connectivity index (χ0v) is 12.4. The molecule has 1 aliphatic heterocycles. The summed E-state index contributed by atoms with van der Waals surface area (Å²) in [5.74, 6) is 1.03. The van der Waals surface area contributed by atoms with Gasteiger partial charge in [-0.3, -0.25) is 10.1 Å². The van der Waals surface area contributed by atoms with Crippen molar-refractivity contribution in [3.8, 4) is 11.5 Å². The highest BCUT2D eigenvalue weighted by Crippen LogP contribution is 2.35. The first-order chi connectivity index (χ1) is 10.1. The summed E-state index contributed by atoms with van der Waals surface area (Å²) in [6.07, 6.45) is 4.59. The topological polar surface area (TPSA) is 73.6 Å². The number of hydrogen-bond acceptors (Lipinski definition) is 4. The first-order valence-corrected chi connectivity index (χ1v) is 7.57. The number of ether oxygens (including phenoxy) is 2. The SMILES string of the molecule is CC(NC1CCCC1)(C(N)=O)c1ccc2c(c1)OCCO2. The molecule has 0 spiro atoms. The van der Waals surface area contributed by atoms with Gasteiger partial charge in [-0.1, -0.05) is 18.9 Å². The summed E-state index contributed by atoms with van der Waals surface area (Å²) in [6.45, 7) is 2.93. The third kappa shape index (κ3) is 2.70. The van der Waals surface area contributed by atoms with Gasteiger partial charge < -0.3 is 15.2 Å². The number of nitrogens with one attached hydrogen (secondary N) is 1. The highest BCUT2D eigenvalue weighted by molar-refractivity contribution is 5.86. The van der Waals surface area contributed by atoms with Crippen molar-refractivity contribution < 1.29 is 14.3 Å². The minimum Gasteiger partial charge on any atom is -0.486 e. The largest absolute Gasteiger partial charge is 0.486 e. The van der Waals surface area contributed by atoms with Crippen LogP contribution < -0.4 is 20.5 Å². The van der Waals surface area contributed by atoms with Gasteiger partial charge in [0, 0.05) is 6.04 Å². The lowest BCUT2D eigenvalue weighted by atomic mass is 9.89. The molecule has 1 fully saturated rings. The molecular formula is C16H22N2O3. The van der Waals surface area contributed by atoms with E-state index < -0.39 is 5.54 Å². The number of amides is 1. The van der Waals surface area contributed by atoms with Gasteiger partial charge in [0.15, 0.2) is 11.5 Å². The van der Waals surface area contributed by atoms with E-state index in [0.717, 1.165) is 24.2 Å². The maximum Gasteiger partial charge on any atom is 0.242 e. The fourth-order valence-corrected chi connectivity index (χ4v) is 3.13. The molecule has 1 amide bonds. The third-order valence-corrected chi connectivity index (χ3v) is 4.46.